The Morgan fingerprint density at radius 3 is 2.89 bits per heavy atom. The van der Waals surface area contributed by atoms with Crippen LogP contribution < -0.4 is 5.73 Å². The van der Waals surface area contributed by atoms with Crippen LogP contribution in [0, 0.1) is 5.82 Å². The highest BCUT2D eigenvalue weighted by Crippen LogP contribution is 2.11. The van der Waals surface area contributed by atoms with Crippen LogP contribution in [0.15, 0.2) is 24.3 Å². The normalized spacial score (nSPS) is 10.8. The average Bonchev–Trinajstić information content (AvgIpc) is 2.72. The molecule has 1 heterocycles. The molecule has 0 saturated heterocycles. The van der Waals surface area contributed by atoms with Crippen molar-refractivity contribution in [1.82, 2.24) is 15.0 Å². The lowest BCUT2D eigenvalue weighted by atomic mass is 10.2. The third kappa shape index (κ3) is 2.73. The molecule has 0 radical (unpaired) electrons. The van der Waals surface area contributed by atoms with Gasteiger partial charge in [-0.1, -0.05) is 24.3 Å². The summed E-state index contributed by atoms with van der Waals surface area (Å²) in [7, 11) is 0. The topological polar surface area (TPSA) is 56.7 Å². The minimum Gasteiger partial charge on any atom is -0.330 e. The molecule has 0 saturated carbocycles. The molecule has 0 fully saturated rings. The van der Waals surface area contributed by atoms with Gasteiger partial charge in [0.2, 0.25) is 0 Å². The lowest BCUT2D eigenvalue weighted by Gasteiger charge is -2.06. The van der Waals surface area contributed by atoms with Crippen molar-refractivity contribution < 1.29 is 4.39 Å². The highest BCUT2D eigenvalue weighted by atomic mass is 19.1. The third-order valence-electron chi connectivity index (χ3n) is 2.86. The van der Waals surface area contributed by atoms with Crippen molar-refractivity contribution >= 4 is 0 Å². The van der Waals surface area contributed by atoms with Gasteiger partial charge in [0.05, 0.1) is 17.9 Å². The molecule has 1 aromatic carbocycles. The first kappa shape index (κ1) is 12.7. The average molecular weight is 248 g/mol. The van der Waals surface area contributed by atoms with E-state index in [-0.39, 0.29) is 5.82 Å². The summed E-state index contributed by atoms with van der Waals surface area (Å²) in [5.41, 5.74) is 8.44. The van der Waals surface area contributed by atoms with Gasteiger partial charge in [-0.15, -0.1) is 5.10 Å². The minimum absolute atomic E-state index is 0.229. The van der Waals surface area contributed by atoms with Crippen molar-refractivity contribution in [3.05, 3.63) is 47.0 Å². The van der Waals surface area contributed by atoms with Crippen molar-refractivity contribution in [1.29, 1.82) is 0 Å². The van der Waals surface area contributed by atoms with E-state index in [9.17, 15) is 4.39 Å². The molecule has 2 N–H and O–H groups in total. The van der Waals surface area contributed by atoms with Crippen LogP contribution >= 0.6 is 0 Å². The van der Waals surface area contributed by atoms with Gasteiger partial charge < -0.3 is 5.73 Å². The number of rotatable bonds is 5. The molecule has 0 spiro atoms. The molecule has 2 rings (SSSR count). The SMILES string of the molecule is CCc1c(CCN)nnn1Cc1cccc(F)c1. The first-order chi connectivity index (χ1) is 8.74. The molecule has 0 unspecified atom stereocenters. The molecule has 0 bridgehead atoms. The zero-order chi connectivity index (χ0) is 13.0. The number of halogens is 1. The van der Waals surface area contributed by atoms with Crippen LogP contribution in [0.4, 0.5) is 4.39 Å². The first-order valence-electron chi connectivity index (χ1n) is 6.10. The summed E-state index contributed by atoms with van der Waals surface area (Å²) in [5, 5.41) is 8.25. The fourth-order valence-corrected chi connectivity index (χ4v) is 2.02. The maximum absolute atomic E-state index is 13.1. The molecule has 0 aliphatic rings. The first-order valence-corrected chi connectivity index (χ1v) is 6.10. The summed E-state index contributed by atoms with van der Waals surface area (Å²) >= 11 is 0. The predicted octanol–water partition coefficient (Wildman–Crippen LogP) is 1.53. The Balaban J connectivity index is 2.23. The van der Waals surface area contributed by atoms with Gasteiger partial charge >= 0.3 is 0 Å². The van der Waals surface area contributed by atoms with E-state index in [0.29, 0.717) is 13.1 Å². The van der Waals surface area contributed by atoms with E-state index >= 15 is 0 Å². The van der Waals surface area contributed by atoms with Gasteiger partial charge in [-0.2, -0.15) is 0 Å². The molecule has 2 aromatic rings. The molecular formula is C13H17FN4. The quantitative estimate of drug-likeness (QED) is 0.873. The van der Waals surface area contributed by atoms with Crippen LogP contribution in [-0.4, -0.2) is 21.5 Å². The number of nitrogens with two attached hydrogens (primary N) is 1. The van der Waals surface area contributed by atoms with Gasteiger partial charge in [-0.3, -0.25) is 0 Å². The van der Waals surface area contributed by atoms with Gasteiger partial charge in [0.15, 0.2) is 0 Å². The Bertz CT molecular complexity index is 521. The number of benzene rings is 1. The van der Waals surface area contributed by atoms with Crippen LogP contribution in [0.5, 0.6) is 0 Å². The smallest absolute Gasteiger partial charge is 0.123 e. The highest BCUT2D eigenvalue weighted by molar-refractivity contribution is 5.18. The maximum atomic E-state index is 13.1. The van der Waals surface area contributed by atoms with Crippen molar-refractivity contribution in [2.45, 2.75) is 26.3 Å². The lowest BCUT2D eigenvalue weighted by Crippen LogP contribution is -2.09. The number of hydrogen-bond donors (Lipinski definition) is 1. The standard InChI is InChI=1S/C13H17FN4/c1-2-13-12(6-7-15)16-17-18(13)9-10-4-3-5-11(14)8-10/h3-5,8H,2,6-7,9,15H2,1H3. The monoisotopic (exact) mass is 248 g/mol. The van der Waals surface area contributed by atoms with Crippen molar-refractivity contribution in [2.24, 2.45) is 5.73 Å². The molecule has 0 atom stereocenters. The zero-order valence-corrected chi connectivity index (χ0v) is 10.4. The fraction of sp³-hybridized carbons (Fsp3) is 0.385. The summed E-state index contributed by atoms with van der Waals surface area (Å²) < 4.78 is 14.9. The van der Waals surface area contributed by atoms with E-state index in [1.54, 1.807) is 6.07 Å². The van der Waals surface area contributed by atoms with Crippen LogP contribution in [0.3, 0.4) is 0 Å². The Morgan fingerprint density at radius 2 is 2.22 bits per heavy atom. The molecule has 0 aliphatic carbocycles. The second-order valence-electron chi connectivity index (χ2n) is 4.16. The molecule has 18 heavy (non-hydrogen) atoms. The maximum Gasteiger partial charge on any atom is 0.123 e. The number of aromatic nitrogens is 3. The molecule has 5 heteroatoms. The fourth-order valence-electron chi connectivity index (χ4n) is 2.02. The summed E-state index contributed by atoms with van der Waals surface area (Å²) in [6.45, 7) is 3.16. The van der Waals surface area contributed by atoms with E-state index in [2.05, 4.69) is 17.2 Å². The minimum atomic E-state index is -0.229. The van der Waals surface area contributed by atoms with E-state index < -0.39 is 0 Å². The van der Waals surface area contributed by atoms with Gasteiger partial charge in [0.1, 0.15) is 5.82 Å². The summed E-state index contributed by atoms with van der Waals surface area (Å²) in [6, 6.07) is 6.54. The van der Waals surface area contributed by atoms with Gasteiger partial charge in [0, 0.05) is 6.42 Å². The molecule has 0 amide bonds. The Morgan fingerprint density at radius 1 is 1.39 bits per heavy atom. The van der Waals surface area contributed by atoms with Crippen molar-refractivity contribution in [2.75, 3.05) is 6.54 Å². The van der Waals surface area contributed by atoms with Crippen LogP contribution in [0.2, 0.25) is 0 Å². The number of nitrogens with zero attached hydrogens (tertiary/aromatic N) is 3. The van der Waals surface area contributed by atoms with Crippen LogP contribution in [-0.2, 0) is 19.4 Å². The van der Waals surface area contributed by atoms with E-state index in [0.717, 1.165) is 29.8 Å². The zero-order valence-electron chi connectivity index (χ0n) is 10.4. The Hall–Kier alpha value is -1.75. The molecule has 0 aliphatic heterocycles. The van der Waals surface area contributed by atoms with Gasteiger partial charge in [-0.05, 0) is 30.7 Å². The van der Waals surface area contributed by atoms with Gasteiger partial charge in [-0.25, -0.2) is 9.07 Å². The lowest BCUT2D eigenvalue weighted by molar-refractivity contribution is 0.604. The largest absolute Gasteiger partial charge is 0.330 e. The van der Waals surface area contributed by atoms with Crippen LogP contribution in [0.25, 0.3) is 0 Å². The summed E-state index contributed by atoms with van der Waals surface area (Å²) in [4.78, 5) is 0. The molecule has 1 aromatic heterocycles. The van der Waals surface area contributed by atoms with E-state index in [1.807, 2.05) is 10.7 Å². The van der Waals surface area contributed by atoms with Crippen molar-refractivity contribution in [3.63, 3.8) is 0 Å². The summed E-state index contributed by atoms with van der Waals surface area (Å²) in [5.74, 6) is -0.229. The van der Waals surface area contributed by atoms with Gasteiger partial charge in [0.25, 0.3) is 0 Å². The molecule has 4 nitrogen and oxygen atoms in total. The van der Waals surface area contributed by atoms with Crippen molar-refractivity contribution in [3.8, 4) is 0 Å². The summed E-state index contributed by atoms with van der Waals surface area (Å²) in [6.07, 6.45) is 1.57. The van der Waals surface area contributed by atoms with E-state index in [1.165, 1.54) is 12.1 Å². The number of hydrogen-bond acceptors (Lipinski definition) is 3. The Labute approximate surface area is 106 Å². The van der Waals surface area contributed by atoms with Crippen LogP contribution in [0.1, 0.15) is 23.9 Å². The predicted molar refractivity (Wildman–Crippen MR) is 67.7 cm³/mol. The Kier molecular flexibility index (Phi) is 4.04. The second-order valence-corrected chi connectivity index (χ2v) is 4.16. The van der Waals surface area contributed by atoms with E-state index in [4.69, 9.17) is 5.73 Å². The highest BCUT2D eigenvalue weighted by Gasteiger charge is 2.10. The molecular weight excluding hydrogens is 231 g/mol. The second kappa shape index (κ2) is 5.73. The molecule has 96 valence electrons. The third-order valence-corrected chi connectivity index (χ3v) is 2.86.